The van der Waals surface area contributed by atoms with Gasteiger partial charge in [-0.15, -0.1) is 0 Å². The van der Waals surface area contributed by atoms with Gasteiger partial charge < -0.3 is 29.2 Å². The maximum atomic E-state index is 13.2. The third-order valence-electron chi connectivity index (χ3n) is 9.47. The molecule has 0 aliphatic carbocycles. The van der Waals surface area contributed by atoms with E-state index >= 15 is 0 Å². The minimum Gasteiger partial charge on any atom is -0.494 e. The van der Waals surface area contributed by atoms with Crippen molar-refractivity contribution in [3.05, 3.63) is 78.1 Å². The Balaban J connectivity index is 0.831. The highest BCUT2D eigenvalue weighted by atomic mass is 32.2. The van der Waals surface area contributed by atoms with Gasteiger partial charge in [-0.05, 0) is 68.8 Å². The van der Waals surface area contributed by atoms with Crippen LogP contribution in [0.2, 0.25) is 0 Å². The Morgan fingerprint density at radius 2 is 1.66 bits per heavy atom. The Labute approximate surface area is 342 Å². The summed E-state index contributed by atoms with van der Waals surface area (Å²) in [5.41, 5.74) is 1.47. The second-order valence-electron chi connectivity index (χ2n) is 14.0. The monoisotopic (exact) mass is 832 g/mol. The summed E-state index contributed by atoms with van der Waals surface area (Å²) in [6.45, 7) is 4.92. The van der Waals surface area contributed by atoms with Crippen LogP contribution < -0.4 is 20.1 Å². The summed E-state index contributed by atoms with van der Waals surface area (Å²) in [5, 5.41) is 9.33. The number of ether oxygens (including phenoxy) is 4. The number of amides is 4. The van der Waals surface area contributed by atoms with Crippen LogP contribution in [0.1, 0.15) is 46.4 Å². The average Bonchev–Trinajstić information content (AvgIpc) is 3.83. The second-order valence-corrected chi connectivity index (χ2v) is 15.9. The Kier molecular flexibility index (Phi) is 14.7. The van der Waals surface area contributed by atoms with Crippen LogP contribution in [0.4, 0.5) is 5.82 Å². The third-order valence-corrected chi connectivity index (χ3v) is 10.3. The number of likely N-dealkylation sites (N-methyl/N-ethyl adjacent to an activating group) is 1. The number of aryl methyl sites for hydroxylation is 1. The van der Waals surface area contributed by atoms with Crippen LogP contribution in [0.15, 0.2) is 72.1 Å². The molecule has 18 nitrogen and oxygen atoms in total. The molecule has 4 amide bonds. The molecule has 1 atom stereocenters. The zero-order chi connectivity index (χ0) is 41.8. The van der Waals surface area contributed by atoms with Crippen molar-refractivity contribution < 1.29 is 46.5 Å². The fraction of sp³-hybridized carbons (Fsp3) is 0.425. The molecular formula is C40H48N8O10S. The minimum atomic E-state index is -3.64. The number of aromatic nitrogens is 4. The number of rotatable bonds is 23. The van der Waals surface area contributed by atoms with E-state index in [-0.39, 0.29) is 48.1 Å². The molecule has 1 fully saturated rings. The van der Waals surface area contributed by atoms with Gasteiger partial charge >= 0.3 is 0 Å². The van der Waals surface area contributed by atoms with Crippen LogP contribution in [-0.4, -0.2) is 140 Å². The molecule has 0 bridgehead atoms. The number of carbonyl (C=O) groups is 4. The Hall–Kier alpha value is -5.76. The lowest BCUT2D eigenvalue weighted by atomic mass is 10.0. The predicted octanol–water partition coefficient (Wildman–Crippen LogP) is 2.46. The van der Waals surface area contributed by atoms with Gasteiger partial charge in [0.1, 0.15) is 30.0 Å². The molecule has 19 heteroatoms. The number of piperidine rings is 1. The first-order valence-electron chi connectivity index (χ1n) is 19.3. The van der Waals surface area contributed by atoms with E-state index in [4.69, 9.17) is 18.9 Å². The highest BCUT2D eigenvalue weighted by Crippen LogP contribution is 2.33. The lowest BCUT2D eigenvalue weighted by molar-refractivity contribution is -0.136. The molecule has 1 saturated heterocycles. The van der Waals surface area contributed by atoms with Gasteiger partial charge in [0.25, 0.3) is 11.8 Å². The van der Waals surface area contributed by atoms with Gasteiger partial charge in [-0.2, -0.15) is 5.10 Å². The summed E-state index contributed by atoms with van der Waals surface area (Å²) < 4.78 is 49.5. The van der Waals surface area contributed by atoms with Crippen LogP contribution in [0.5, 0.6) is 11.5 Å². The molecule has 4 heterocycles. The highest BCUT2D eigenvalue weighted by molar-refractivity contribution is 7.90. The molecule has 0 radical (unpaired) electrons. The largest absolute Gasteiger partial charge is 0.494 e. The lowest BCUT2D eigenvalue weighted by Crippen LogP contribution is -2.54. The lowest BCUT2D eigenvalue weighted by Gasteiger charge is -2.27. The number of anilines is 1. The first-order valence-corrected chi connectivity index (χ1v) is 21.2. The molecule has 0 saturated carbocycles. The molecule has 2 aliphatic rings. The fourth-order valence-corrected chi connectivity index (χ4v) is 6.96. The maximum Gasteiger partial charge on any atom is 0.266 e. The van der Waals surface area contributed by atoms with E-state index in [1.165, 1.54) is 6.07 Å². The van der Waals surface area contributed by atoms with E-state index < -0.39 is 39.5 Å². The van der Waals surface area contributed by atoms with Crippen LogP contribution >= 0.6 is 0 Å². The van der Waals surface area contributed by atoms with Crippen molar-refractivity contribution in [1.29, 1.82) is 0 Å². The summed E-state index contributed by atoms with van der Waals surface area (Å²) in [4.78, 5) is 61.6. The SMILES string of the molecule is CN(CCCOc1ccc(-c2cc(NCCCn3cccn3)nc(S(C)(=O)=O)n2)cc1)CCOCCOCCOc1cccc2c1C(=O)N(C1CCC(=O)NC1=O)C2=O. The molecule has 2 aromatic carbocycles. The van der Waals surface area contributed by atoms with Crippen LogP contribution in [-0.2, 0) is 35.4 Å². The predicted molar refractivity (Wildman–Crippen MR) is 214 cm³/mol. The average molecular weight is 833 g/mol. The summed E-state index contributed by atoms with van der Waals surface area (Å²) in [5.74, 6) is -0.978. The van der Waals surface area contributed by atoms with Gasteiger partial charge in [-0.1, -0.05) is 6.07 Å². The summed E-state index contributed by atoms with van der Waals surface area (Å²) in [6.07, 6.45) is 6.38. The van der Waals surface area contributed by atoms with Gasteiger partial charge in [0.05, 0.1) is 49.9 Å². The van der Waals surface area contributed by atoms with Crippen LogP contribution in [0, 0.1) is 0 Å². The maximum absolute atomic E-state index is 13.2. The van der Waals surface area contributed by atoms with Gasteiger partial charge in [0.15, 0.2) is 0 Å². The summed E-state index contributed by atoms with van der Waals surface area (Å²) in [6, 6.07) is 14.6. The zero-order valence-corrected chi connectivity index (χ0v) is 33.8. The number of hydrogen-bond donors (Lipinski definition) is 2. The summed E-state index contributed by atoms with van der Waals surface area (Å²) >= 11 is 0. The number of fused-ring (bicyclic) bond motifs is 1. The van der Waals surface area contributed by atoms with E-state index in [0.29, 0.717) is 50.2 Å². The number of carbonyl (C=O) groups excluding carboxylic acids is 4. The van der Waals surface area contributed by atoms with Crippen molar-refractivity contribution in [3.8, 4) is 22.8 Å². The number of nitrogens with one attached hydrogen (secondary N) is 2. The minimum absolute atomic E-state index is 0.0441. The normalized spacial score (nSPS) is 15.4. The molecule has 0 spiro atoms. The standard InChI is InChI=1S/C40H48N8O10S/c1-46(20-22-55-23-24-56-25-26-58-33-8-3-7-30-36(33)39(52)48(38(30)51)32-13-14-35(49)45-37(32)50)17-6-21-57-29-11-9-28(10-12-29)31-27-34(44-40(43-31)59(2,53)54)41-15-4-18-47-19-5-16-42-47/h3,5,7-12,16,19,27,32H,4,6,13-15,17-18,20-26H2,1-2H3,(H,41,43,44)(H,45,49,50). The van der Waals surface area contributed by atoms with Crippen molar-refractivity contribution in [2.45, 2.75) is 43.4 Å². The molecule has 59 heavy (non-hydrogen) atoms. The van der Waals surface area contributed by atoms with Crippen molar-refractivity contribution in [2.24, 2.45) is 0 Å². The molecule has 6 rings (SSSR count). The van der Waals surface area contributed by atoms with E-state index in [1.807, 2.05) is 48.3 Å². The first-order chi connectivity index (χ1) is 28.5. The van der Waals surface area contributed by atoms with Crippen molar-refractivity contribution in [3.63, 3.8) is 0 Å². The molecular weight excluding hydrogens is 785 g/mol. The fourth-order valence-electron chi connectivity index (χ4n) is 6.43. The zero-order valence-electron chi connectivity index (χ0n) is 33.0. The van der Waals surface area contributed by atoms with Crippen molar-refractivity contribution in [1.82, 2.24) is 34.9 Å². The van der Waals surface area contributed by atoms with Gasteiger partial charge in [-0.25, -0.2) is 18.4 Å². The Bertz CT molecular complexity index is 2200. The van der Waals surface area contributed by atoms with Gasteiger partial charge in [0, 0.05) is 62.9 Å². The number of hydrogen-bond acceptors (Lipinski definition) is 15. The molecule has 2 N–H and O–H groups in total. The van der Waals surface area contributed by atoms with Crippen LogP contribution in [0.25, 0.3) is 11.3 Å². The third kappa shape index (κ3) is 11.7. The number of benzene rings is 2. The van der Waals surface area contributed by atoms with Crippen molar-refractivity contribution >= 4 is 39.3 Å². The number of nitrogens with zero attached hydrogens (tertiary/aromatic N) is 6. The topological polar surface area (TPSA) is 213 Å². The van der Waals surface area contributed by atoms with E-state index in [0.717, 1.165) is 49.2 Å². The second kappa shape index (κ2) is 20.3. The molecule has 4 aromatic rings. The quantitative estimate of drug-likeness (QED) is 0.0624. The smallest absolute Gasteiger partial charge is 0.266 e. The van der Waals surface area contributed by atoms with E-state index in [9.17, 15) is 27.6 Å². The van der Waals surface area contributed by atoms with Gasteiger partial charge in [-0.3, -0.25) is 34.1 Å². The van der Waals surface area contributed by atoms with Crippen LogP contribution in [0.3, 0.4) is 0 Å². The molecule has 2 aromatic heterocycles. The van der Waals surface area contributed by atoms with Gasteiger partial charge in [0.2, 0.25) is 26.8 Å². The molecule has 2 aliphatic heterocycles. The Morgan fingerprint density at radius 3 is 2.41 bits per heavy atom. The highest BCUT2D eigenvalue weighted by Gasteiger charge is 2.46. The van der Waals surface area contributed by atoms with E-state index in [2.05, 4.69) is 30.6 Å². The molecule has 1 unspecified atom stereocenters. The number of imide groups is 2. The van der Waals surface area contributed by atoms with Crippen molar-refractivity contribution in [2.75, 3.05) is 77.9 Å². The van der Waals surface area contributed by atoms with E-state index in [1.54, 1.807) is 24.4 Å². The first kappa shape index (κ1) is 42.8. The molecule has 314 valence electrons. The Morgan fingerprint density at radius 1 is 0.881 bits per heavy atom. The summed E-state index contributed by atoms with van der Waals surface area (Å²) in [7, 11) is -1.63. The number of sulfone groups is 1.